The Hall–Kier alpha value is -1.34. The van der Waals surface area contributed by atoms with Gasteiger partial charge in [0, 0.05) is 9.35 Å². The van der Waals surface area contributed by atoms with Crippen molar-refractivity contribution in [1.29, 1.82) is 0 Å². The summed E-state index contributed by atoms with van der Waals surface area (Å²) in [4.78, 5) is 13.7. The van der Waals surface area contributed by atoms with Crippen molar-refractivity contribution in [2.24, 2.45) is 0 Å². The number of aryl methyl sites for hydroxylation is 1. The van der Waals surface area contributed by atoms with Crippen molar-refractivity contribution >= 4 is 33.2 Å². The Bertz CT molecular complexity index is 692. The Kier molecular flexibility index (Phi) is 5.52. The Morgan fingerprint density at radius 3 is 2.52 bits per heavy atom. The molecule has 1 aromatic carbocycles. The number of carbonyl (C=O) groups excluding carboxylic acids is 1. The quantitative estimate of drug-likeness (QED) is 0.712. The third-order valence-corrected chi connectivity index (χ3v) is 5.44. The van der Waals surface area contributed by atoms with Crippen LogP contribution in [0.5, 0.6) is 0 Å². The summed E-state index contributed by atoms with van der Waals surface area (Å²) in [6.07, 6.45) is -2.93. The number of thiophene rings is 1. The maximum Gasteiger partial charge on any atom is 0.416 e. The molecule has 123 valence electrons. The highest BCUT2D eigenvalue weighted by Gasteiger charge is 2.35. The molecule has 1 aromatic heterocycles. The number of hydrogen-bond acceptors (Lipinski definition) is 2. The van der Waals surface area contributed by atoms with Crippen molar-refractivity contribution in [3.63, 3.8) is 0 Å². The number of hydrogen-bond donors (Lipinski definition) is 1. The minimum absolute atomic E-state index is 0.0307. The number of halogens is 4. The second kappa shape index (κ2) is 7.05. The van der Waals surface area contributed by atoms with Crippen molar-refractivity contribution in [3.8, 4) is 0 Å². The molecule has 1 N–H and O–H groups in total. The summed E-state index contributed by atoms with van der Waals surface area (Å²) in [6, 6.07) is 6.10. The standard InChI is InChI=1S/C16H14BrF3NOS/c1-3-13(10-6-4-5-7-11(10)16(18,19)20)21-15(22)14-8-12(17)9(2)23-14/h3-8,13H,1-2H3,(H,21,22). The topological polar surface area (TPSA) is 29.1 Å². The molecule has 1 heterocycles. The van der Waals surface area contributed by atoms with Crippen LogP contribution in [-0.2, 0) is 6.18 Å². The first-order chi connectivity index (χ1) is 10.7. The van der Waals surface area contributed by atoms with Crippen molar-refractivity contribution in [1.82, 2.24) is 5.32 Å². The maximum absolute atomic E-state index is 13.1. The minimum atomic E-state index is -4.47. The lowest BCUT2D eigenvalue weighted by Crippen LogP contribution is -2.29. The van der Waals surface area contributed by atoms with Gasteiger partial charge in [0.1, 0.15) is 0 Å². The van der Waals surface area contributed by atoms with Crippen molar-refractivity contribution < 1.29 is 18.0 Å². The molecule has 0 saturated carbocycles. The highest BCUT2D eigenvalue weighted by molar-refractivity contribution is 9.10. The Labute approximate surface area is 144 Å². The third-order valence-electron chi connectivity index (χ3n) is 3.30. The molecule has 0 aliphatic heterocycles. The monoisotopic (exact) mass is 404 g/mol. The van der Waals surface area contributed by atoms with Gasteiger partial charge in [-0.25, -0.2) is 0 Å². The van der Waals surface area contributed by atoms with E-state index in [9.17, 15) is 18.0 Å². The molecule has 0 fully saturated rings. The number of alkyl halides is 3. The molecule has 2 aromatic rings. The van der Waals surface area contributed by atoms with Crippen LogP contribution < -0.4 is 5.32 Å². The molecule has 2 rings (SSSR count). The third kappa shape index (κ3) is 4.14. The fraction of sp³-hybridized carbons (Fsp3) is 0.250. The predicted octanol–water partition coefficient (Wildman–Crippen LogP) is 5.53. The van der Waals surface area contributed by atoms with Crippen LogP contribution in [0, 0.1) is 13.3 Å². The first-order valence-electron chi connectivity index (χ1n) is 6.76. The summed E-state index contributed by atoms with van der Waals surface area (Å²) in [5.41, 5.74) is -0.713. The molecule has 23 heavy (non-hydrogen) atoms. The maximum atomic E-state index is 13.1. The zero-order valence-electron chi connectivity index (χ0n) is 12.4. The number of nitrogens with one attached hydrogen (secondary N) is 1. The van der Waals surface area contributed by atoms with Crippen molar-refractivity contribution in [2.45, 2.75) is 26.1 Å². The number of carbonyl (C=O) groups is 1. The molecule has 0 spiro atoms. The second-order valence-corrected chi connectivity index (χ2v) is 6.99. The van der Waals surface area contributed by atoms with Crippen LogP contribution in [0.2, 0.25) is 0 Å². The molecule has 1 unspecified atom stereocenters. The molecule has 2 nitrogen and oxygen atoms in total. The van der Waals surface area contributed by atoms with Crippen LogP contribution in [0.1, 0.15) is 38.6 Å². The molecule has 1 atom stereocenters. The van der Waals surface area contributed by atoms with E-state index in [4.69, 9.17) is 0 Å². The molecule has 0 aliphatic carbocycles. The van der Waals surface area contributed by atoms with E-state index >= 15 is 0 Å². The summed E-state index contributed by atoms with van der Waals surface area (Å²) in [5.74, 6) is -0.399. The largest absolute Gasteiger partial charge is 0.416 e. The molecular weight excluding hydrogens is 391 g/mol. The van der Waals surface area contributed by atoms with Gasteiger partial charge in [0.05, 0.1) is 16.5 Å². The molecule has 1 amide bonds. The van der Waals surface area contributed by atoms with Crippen LogP contribution in [0.3, 0.4) is 0 Å². The van der Waals surface area contributed by atoms with Crippen molar-refractivity contribution in [3.05, 3.63) is 62.1 Å². The fourth-order valence-electron chi connectivity index (χ4n) is 2.15. The highest BCUT2D eigenvalue weighted by atomic mass is 79.9. The minimum Gasteiger partial charge on any atom is -0.344 e. The van der Waals surface area contributed by atoms with Gasteiger partial charge in [-0.15, -0.1) is 11.3 Å². The summed E-state index contributed by atoms with van der Waals surface area (Å²) >= 11 is 4.61. The first-order valence-corrected chi connectivity index (χ1v) is 8.37. The van der Waals surface area contributed by atoms with Crippen molar-refractivity contribution in [2.75, 3.05) is 0 Å². The highest BCUT2D eigenvalue weighted by Crippen LogP contribution is 2.35. The van der Waals surface area contributed by atoms with E-state index in [2.05, 4.69) is 21.2 Å². The fourth-order valence-corrected chi connectivity index (χ4v) is 3.59. The zero-order valence-corrected chi connectivity index (χ0v) is 14.8. The van der Waals surface area contributed by atoms with E-state index in [1.165, 1.54) is 36.0 Å². The van der Waals surface area contributed by atoms with Gasteiger partial charge < -0.3 is 5.32 Å². The van der Waals surface area contributed by atoms with Crippen LogP contribution in [0.15, 0.2) is 34.8 Å². The lowest BCUT2D eigenvalue weighted by molar-refractivity contribution is -0.138. The number of amides is 1. The van der Waals surface area contributed by atoms with Gasteiger partial charge in [0.15, 0.2) is 0 Å². The summed E-state index contributed by atoms with van der Waals surface area (Å²) in [7, 11) is 0. The normalized spacial score (nSPS) is 13.0. The van der Waals surface area contributed by atoms with Gasteiger partial charge in [-0.2, -0.15) is 13.2 Å². The second-order valence-electron chi connectivity index (χ2n) is 4.88. The van der Waals surface area contributed by atoms with Gasteiger partial charge in [0.2, 0.25) is 0 Å². The lowest BCUT2D eigenvalue weighted by atomic mass is 9.98. The molecular formula is C16H14BrF3NOS. The Morgan fingerprint density at radius 1 is 1.35 bits per heavy atom. The van der Waals surface area contributed by atoms with Crippen LogP contribution in [0.25, 0.3) is 0 Å². The summed E-state index contributed by atoms with van der Waals surface area (Å²) in [6.45, 7) is 3.47. The summed E-state index contributed by atoms with van der Waals surface area (Å²) in [5, 5.41) is 2.65. The average molecular weight is 405 g/mol. The van der Waals surface area contributed by atoms with E-state index in [0.29, 0.717) is 4.88 Å². The number of benzene rings is 1. The molecule has 0 aliphatic rings. The van der Waals surface area contributed by atoms with Crippen LogP contribution >= 0.6 is 27.3 Å². The van der Waals surface area contributed by atoms with Gasteiger partial charge in [0.25, 0.3) is 5.91 Å². The first kappa shape index (κ1) is 18.0. The molecule has 0 bridgehead atoms. The summed E-state index contributed by atoms with van der Waals surface area (Å²) < 4.78 is 40.2. The lowest BCUT2D eigenvalue weighted by Gasteiger charge is -2.21. The SMILES string of the molecule is C[CH]C(NC(=O)c1cc(Br)c(C)s1)c1ccccc1C(F)(F)F. The molecule has 0 saturated heterocycles. The van der Waals surface area contributed by atoms with E-state index in [1.54, 1.807) is 13.0 Å². The van der Waals surface area contributed by atoms with E-state index < -0.39 is 23.7 Å². The Morgan fingerprint density at radius 2 is 2.00 bits per heavy atom. The number of rotatable bonds is 4. The van der Waals surface area contributed by atoms with E-state index in [0.717, 1.165) is 15.4 Å². The zero-order chi connectivity index (χ0) is 17.2. The van der Waals surface area contributed by atoms with E-state index in [1.807, 2.05) is 6.92 Å². The van der Waals surface area contributed by atoms with Gasteiger partial charge in [-0.3, -0.25) is 4.79 Å². The average Bonchev–Trinajstić information content (AvgIpc) is 2.83. The smallest absolute Gasteiger partial charge is 0.344 e. The Balaban J connectivity index is 2.29. The molecule has 1 radical (unpaired) electrons. The molecule has 7 heteroatoms. The van der Waals surface area contributed by atoms with Gasteiger partial charge in [-0.1, -0.05) is 25.1 Å². The van der Waals surface area contributed by atoms with Crippen LogP contribution in [-0.4, -0.2) is 5.91 Å². The van der Waals surface area contributed by atoms with E-state index in [-0.39, 0.29) is 5.56 Å². The predicted molar refractivity (Wildman–Crippen MR) is 88.4 cm³/mol. The van der Waals surface area contributed by atoms with Gasteiger partial charge >= 0.3 is 6.18 Å². The van der Waals surface area contributed by atoms with Crippen LogP contribution in [0.4, 0.5) is 13.2 Å². The van der Waals surface area contributed by atoms with Gasteiger partial charge in [-0.05, 0) is 47.0 Å².